The van der Waals surface area contributed by atoms with Crippen molar-refractivity contribution in [1.82, 2.24) is 4.98 Å². The molecule has 22 heavy (non-hydrogen) atoms. The van der Waals surface area contributed by atoms with Crippen LogP contribution in [0.4, 0.5) is 13.2 Å². The fourth-order valence-electron chi connectivity index (χ4n) is 2.14. The van der Waals surface area contributed by atoms with Crippen LogP contribution in [0.3, 0.4) is 0 Å². The number of hydrogen-bond acceptors (Lipinski definition) is 2. The monoisotopic (exact) mass is 315 g/mol. The summed E-state index contributed by atoms with van der Waals surface area (Å²) in [4.78, 5) is 14.1. The van der Waals surface area contributed by atoms with E-state index in [9.17, 15) is 18.0 Å². The molecule has 0 aliphatic rings. The van der Waals surface area contributed by atoms with E-state index in [1.165, 1.54) is 6.07 Å². The van der Waals surface area contributed by atoms with Crippen LogP contribution in [-0.2, 0) is 16.0 Å². The SMILES string of the molecule is C.CC(C)OC(=O)CCCc1[nH]c2ccc(F)c(F)c2c1F. The van der Waals surface area contributed by atoms with E-state index in [0.29, 0.717) is 6.42 Å². The molecule has 1 aromatic carbocycles. The van der Waals surface area contributed by atoms with Gasteiger partial charge in [-0.05, 0) is 38.8 Å². The molecule has 0 radical (unpaired) electrons. The molecular formula is C16H20F3NO2. The summed E-state index contributed by atoms with van der Waals surface area (Å²) >= 11 is 0. The molecule has 0 saturated heterocycles. The van der Waals surface area contributed by atoms with Gasteiger partial charge in [0, 0.05) is 6.42 Å². The minimum Gasteiger partial charge on any atom is -0.463 e. The van der Waals surface area contributed by atoms with E-state index in [-0.39, 0.29) is 48.9 Å². The minimum absolute atomic E-state index is 0. The Labute approximate surface area is 127 Å². The maximum atomic E-state index is 14.1. The molecule has 1 heterocycles. The van der Waals surface area contributed by atoms with Crippen LogP contribution in [0.2, 0.25) is 0 Å². The fourth-order valence-corrected chi connectivity index (χ4v) is 2.14. The highest BCUT2D eigenvalue weighted by Crippen LogP contribution is 2.26. The van der Waals surface area contributed by atoms with Crippen molar-refractivity contribution in [2.24, 2.45) is 0 Å². The third kappa shape index (κ3) is 3.81. The number of ether oxygens (including phenoxy) is 1. The lowest BCUT2D eigenvalue weighted by Gasteiger charge is -2.07. The van der Waals surface area contributed by atoms with Crippen LogP contribution in [-0.4, -0.2) is 17.1 Å². The number of hydrogen-bond donors (Lipinski definition) is 1. The first-order valence-electron chi connectivity index (χ1n) is 6.73. The minimum atomic E-state index is -1.20. The van der Waals surface area contributed by atoms with Gasteiger partial charge in [0.2, 0.25) is 0 Å². The van der Waals surface area contributed by atoms with Crippen molar-refractivity contribution < 1.29 is 22.7 Å². The first-order chi connectivity index (χ1) is 9.90. The van der Waals surface area contributed by atoms with Gasteiger partial charge in [-0.3, -0.25) is 4.79 Å². The number of carbonyl (C=O) groups excluding carboxylic acids is 1. The van der Waals surface area contributed by atoms with Crippen LogP contribution in [0.5, 0.6) is 0 Å². The van der Waals surface area contributed by atoms with E-state index in [2.05, 4.69) is 4.98 Å². The molecule has 0 bridgehead atoms. The highest BCUT2D eigenvalue weighted by molar-refractivity contribution is 5.82. The molecule has 0 spiro atoms. The van der Waals surface area contributed by atoms with E-state index in [4.69, 9.17) is 4.74 Å². The maximum absolute atomic E-state index is 14.1. The average Bonchev–Trinajstić information content (AvgIpc) is 2.71. The molecule has 1 aromatic heterocycles. The van der Waals surface area contributed by atoms with Crippen molar-refractivity contribution in [2.75, 3.05) is 0 Å². The lowest BCUT2D eigenvalue weighted by molar-refractivity contribution is -0.147. The molecule has 1 N–H and O–H groups in total. The second-order valence-electron chi connectivity index (χ2n) is 5.09. The Morgan fingerprint density at radius 2 is 1.91 bits per heavy atom. The predicted molar refractivity (Wildman–Crippen MR) is 79.1 cm³/mol. The zero-order valence-corrected chi connectivity index (χ0v) is 11.8. The standard InChI is InChI=1S/C15H16F3NO2.CH4/c1-8(2)21-12(20)5-3-4-11-15(18)13-10(19-11)7-6-9(16)14(13)17;/h6-8,19H,3-5H2,1-2H3;1H4. The number of aryl methyl sites for hydroxylation is 1. The first kappa shape index (κ1) is 18.1. The fraction of sp³-hybridized carbons (Fsp3) is 0.438. The summed E-state index contributed by atoms with van der Waals surface area (Å²) in [6, 6.07) is 2.23. The second-order valence-corrected chi connectivity index (χ2v) is 5.09. The topological polar surface area (TPSA) is 42.1 Å². The van der Waals surface area contributed by atoms with Crippen molar-refractivity contribution in [2.45, 2.75) is 46.6 Å². The zero-order valence-electron chi connectivity index (χ0n) is 11.8. The number of aromatic amines is 1. The molecule has 0 fully saturated rings. The number of H-pyrrole nitrogens is 1. The van der Waals surface area contributed by atoms with Crippen LogP contribution in [0.1, 0.15) is 39.8 Å². The van der Waals surface area contributed by atoms with Crippen molar-refractivity contribution in [3.63, 3.8) is 0 Å². The Hall–Kier alpha value is -1.98. The summed E-state index contributed by atoms with van der Waals surface area (Å²) in [7, 11) is 0. The molecule has 6 heteroatoms. The Morgan fingerprint density at radius 3 is 2.55 bits per heavy atom. The van der Waals surface area contributed by atoms with Gasteiger partial charge in [-0.1, -0.05) is 7.43 Å². The summed E-state index contributed by atoms with van der Waals surface area (Å²) < 4.78 is 45.7. The number of carbonyl (C=O) groups is 1. The van der Waals surface area contributed by atoms with Crippen LogP contribution in [0.15, 0.2) is 12.1 Å². The average molecular weight is 315 g/mol. The van der Waals surface area contributed by atoms with Crippen LogP contribution in [0, 0.1) is 17.5 Å². The summed E-state index contributed by atoms with van der Waals surface area (Å²) in [5.41, 5.74) is 0.359. The number of fused-ring (bicyclic) bond motifs is 1. The molecule has 0 saturated carbocycles. The molecular weight excluding hydrogens is 295 g/mol. The molecule has 0 atom stereocenters. The Kier molecular flexibility index (Phi) is 6.02. The molecule has 0 aliphatic carbocycles. The second kappa shape index (κ2) is 7.33. The third-order valence-electron chi connectivity index (χ3n) is 3.04. The summed E-state index contributed by atoms with van der Waals surface area (Å²) in [5.74, 6) is -3.46. The van der Waals surface area contributed by atoms with Crippen molar-refractivity contribution in [3.05, 3.63) is 35.3 Å². The van der Waals surface area contributed by atoms with E-state index < -0.39 is 17.5 Å². The van der Waals surface area contributed by atoms with Gasteiger partial charge in [0.05, 0.1) is 22.7 Å². The zero-order chi connectivity index (χ0) is 15.6. The molecule has 122 valence electrons. The summed E-state index contributed by atoms with van der Waals surface area (Å²) in [6.45, 7) is 3.49. The van der Waals surface area contributed by atoms with Gasteiger partial charge in [0.15, 0.2) is 17.5 Å². The lowest BCUT2D eigenvalue weighted by Crippen LogP contribution is -2.11. The Bertz CT molecular complexity index is 665. The number of rotatable bonds is 5. The third-order valence-corrected chi connectivity index (χ3v) is 3.04. The molecule has 0 aliphatic heterocycles. The Balaban J connectivity index is 0.00000242. The van der Waals surface area contributed by atoms with Gasteiger partial charge in [0.25, 0.3) is 0 Å². The van der Waals surface area contributed by atoms with Gasteiger partial charge in [-0.25, -0.2) is 13.2 Å². The van der Waals surface area contributed by atoms with Gasteiger partial charge in [0.1, 0.15) is 0 Å². The van der Waals surface area contributed by atoms with Gasteiger partial charge < -0.3 is 9.72 Å². The van der Waals surface area contributed by atoms with E-state index in [1.807, 2.05) is 0 Å². The number of nitrogens with one attached hydrogen (secondary N) is 1. The number of aromatic nitrogens is 1. The van der Waals surface area contributed by atoms with E-state index >= 15 is 0 Å². The van der Waals surface area contributed by atoms with Gasteiger partial charge >= 0.3 is 5.97 Å². The van der Waals surface area contributed by atoms with E-state index in [0.717, 1.165) is 6.07 Å². The molecule has 2 aromatic rings. The highest BCUT2D eigenvalue weighted by atomic mass is 19.2. The first-order valence-corrected chi connectivity index (χ1v) is 6.73. The largest absolute Gasteiger partial charge is 0.463 e. The summed E-state index contributed by atoms with van der Waals surface area (Å²) in [5, 5.41) is -0.380. The quantitative estimate of drug-likeness (QED) is 0.826. The number of benzene rings is 1. The van der Waals surface area contributed by atoms with Gasteiger partial charge in [-0.2, -0.15) is 0 Å². The summed E-state index contributed by atoms with van der Waals surface area (Å²) in [6.07, 6.45) is 0.525. The van der Waals surface area contributed by atoms with Crippen LogP contribution < -0.4 is 0 Å². The van der Waals surface area contributed by atoms with Crippen molar-refractivity contribution in [1.29, 1.82) is 0 Å². The normalized spacial score (nSPS) is 10.8. The maximum Gasteiger partial charge on any atom is 0.306 e. The lowest BCUT2D eigenvalue weighted by atomic mass is 10.1. The van der Waals surface area contributed by atoms with E-state index in [1.54, 1.807) is 13.8 Å². The highest BCUT2D eigenvalue weighted by Gasteiger charge is 2.18. The molecule has 0 amide bonds. The van der Waals surface area contributed by atoms with Crippen molar-refractivity contribution >= 4 is 16.9 Å². The number of halogens is 3. The van der Waals surface area contributed by atoms with Crippen LogP contribution in [0.25, 0.3) is 10.9 Å². The number of esters is 1. The van der Waals surface area contributed by atoms with Crippen LogP contribution >= 0.6 is 0 Å². The molecule has 0 unspecified atom stereocenters. The van der Waals surface area contributed by atoms with Gasteiger partial charge in [-0.15, -0.1) is 0 Å². The smallest absolute Gasteiger partial charge is 0.306 e. The predicted octanol–water partition coefficient (Wildman–Crippen LogP) is 4.50. The molecule has 2 rings (SSSR count). The molecule has 3 nitrogen and oxygen atoms in total. The van der Waals surface area contributed by atoms with Crippen molar-refractivity contribution in [3.8, 4) is 0 Å². The Morgan fingerprint density at radius 1 is 1.23 bits per heavy atom.